The normalized spacial score (nSPS) is 10.3. The van der Waals surface area contributed by atoms with Crippen LogP contribution < -0.4 is 10.9 Å². The summed E-state index contributed by atoms with van der Waals surface area (Å²) < 4.78 is 1.14. The Morgan fingerprint density at radius 1 is 1.25 bits per heavy atom. The van der Waals surface area contributed by atoms with Crippen LogP contribution in [0.25, 0.3) is 0 Å². The Hall–Kier alpha value is -2.43. The molecule has 0 radical (unpaired) electrons. The number of nitrogens with zero attached hydrogens (tertiary/aromatic N) is 2. The highest BCUT2D eigenvalue weighted by atomic mass is 16.2. The Balaban J connectivity index is 2.08. The third-order valence-corrected chi connectivity index (χ3v) is 3.13. The summed E-state index contributed by atoms with van der Waals surface area (Å²) in [7, 11) is 1.52. The number of rotatable bonds is 3. The van der Waals surface area contributed by atoms with Gasteiger partial charge in [-0.1, -0.05) is 23.8 Å². The zero-order valence-electron chi connectivity index (χ0n) is 11.8. The first kappa shape index (κ1) is 14.0. The molecular weight excluding hydrogens is 254 g/mol. The number of nitrogens with one attached hydrogen (secondary N) is 1. The standard InChI is InChI=1S/C15H17N3O2/c1-10-4-5-12(11(2)8-10)9-16-15(20)13-6-7-14(19)18(3)17-13/h4-8H,9H2,1-3H3,(H,16,20). The fraction of sp³-hybridized carbons (Fsp3) is 0.267. The smallest absolute Gasteiger partial charge is 0.271 e. The van der Waals surface area contributed by atoms with Crippen molar-refractivity contribution in [2.24, 2.45) is 7.05 Å². The molecule has 20 heavy (non-hydrogen) atoms. The molecule has 2 aromatic rings. The summed E-state index contributed by atoms with van der Waals surface area (Å²) in [6, 6.07) is 8.85. The van der Waals surface area contributed by atoms with Crippen LogP contribution in [0.2, 0.25) is 0 Å². The van der Waals surface area contributed by atoms with E-state index in [0.717, 1.165) is 15.8 Å². The molecule has 0 fully saturated rings. The average Bonchev–Trinajstić information content (AvgIpc) is 2.40. The van der Waals surface area contributed by atoms with E-state index in [2.05, 4.69) is 16.5 Å². The molecule has 1 aromatic carbocycles. The fourth-order valence-electron chi connectivity index (χ4n) is 1.93. The van der Waals surface area contributed by atoms with Crippen LogP contribution in [-0.2, 0) is 13.6 Å². The first-order chi connectivity index (χ1) is 9.47. The van der Waals surface area contributed by atoms with Gasteiger partial charge in [0.15, 0.2) is 0 Å². The lowest BCUT2D eigenvalue weighted by molar-refractivity contribution is 0.0943. The lowest BCUT2D eigenvalue weighted by atomic mass is 10.1. The zero-order valence-corrected chi connectivity index (χ0v) is 11.8. The molecule has 5 heteroatoms. The van der Waals surface area contributed by atoms with Crippen LogP contribution >= 0.6 is 0 Å². The number of aromatic nitrogens is 2. The van der Waals surface area contributed by atoms with Crippen molar-refractivity contribution in [2.45, 2.75) is 20.4 Å². The first-order valence-electron chi connectivity index (χ1n) is 6.36. The fourth-order valence-corrected chi connectivity index (χ4v) is 1.93. The highest BCUT2D eigenvalue weighted by molar-refractivity contribution is 5.91. The minimum Gasteiger partial charge on any atom is -0.347 e. The molecule has 0 aliphatic rings. The van der Waals surface area contributed by atoms with Gasteiger partial charge in [-0.3, -0.25) is 9.59 Å². The molecule has 104 valence electrons. The van der Waals surface area contributed by atoms with Crippen molar-refractivity contribution in [1.29, 1.82) is 0 Å². The summed E-state index contributed by atoms with van der Waals surface area (Å²) in [6.07, 6.45) is 0. The summed E-state index contributed by atoms with van der Waals surface area (Å²) in [5.41, 5.74) is 3.39. The van der Waals surface area contributed by atoms with E-state index in [0.29, 0.717) is 6.54 Å². The van der Waals surface area contributed by atoms with Crippen molar-refractivity contribution in [3.8, 4) is 0 Å². The van der Waals surface area contributed by atoms with E-state index in [1.807, 2.05) is 26.0 Å². The summed E-state index contributed by atoms with van der Waals surface area (Å²) in [5.74, 6) is -0.291. The molecule has 0 aliphatic heterocycles. The van der Waals surface area contributed by atoms with Crippen molar-refractivity contribution in [1.82, 2.24) is 15.1 Å². The number of amides is 1. The molecule has 0 atom stereocenters. The minimum atomic E-state index is -0.291. The lowest BCUT2D eigenvalue weighted by Gasteiger charge is -2.08. The number of hydrogen-bond acceptors (Lipinski definition) is 3. The van der Waals surface area contributed by atoms with Crippen molar-refractivity contribution in [3.05, 3.63) is 63.1 Å². The Kier molecular flexibility index (Phi) is 3.98. The van der Waals surface area contributed by atoms with Crippen molar-refractivity contribution < 1.29 is 4.79 Å². The molecule has 5 nitrogen and oxygen atoms in total. The highest BCUT2D eigenvalue weighted by Gasteiger charge is 2.08. The van der Waals surface area contributed by atoms with Gasteiger partial charge in [-0.25, -0.2) is 4.68 Å². The van der Waals surface area contributed by atoms with Crippen LogP contribution in [0, 0.1) is 13.8 Å². The predicted molar refractivity (Wildman–Crippen MR) is 76.6 cm³/mol. The van der Waals surface area contributed by atoms with Gasteiger partial charge in [0.05, 0.1) is 0 Å². The Morgan fingerprint density at radius 2 is 2.00 bits per heavy atom. The van der Waals surface area contributed by atoms with E-state index < -0.39 is 0 Å². The van der Waals surface area contributed by atoms with Gasteiger partial charge in [0.2, 0.25) is 0 Å². The molecule has 1 aromatic heterocycles. The molecule has 0 saturated heterocycles. The SMILES string of the molecule is Cc1ccc(CNC(=O)c2ccc(=O)n(C)n2)c(C)c1. The summed E-state index contributed by atoms with van der Waals surface area (Å²) in [5, 5.41) is 6.72. The third kappa shape index (κ3) is 3.12. The lowest BCUT2D eigenvalue weighted by Crippen LogP contribution is -2.28. The van der Waals surface area contributed by atoms with Crippen LogP contribution in [0.3, 0.4) is 0 Å². The maximum atomic E-state index is 12.0. The van der Waals surface area contributed by atoms with Gasteiger partial charge in [0, 0.05) is 19.7 Å². The molecular formula is C15H17N3O2. The second kappa shape index (κ2) is 5.69. The van der Waals surface area contributed by atoms with E-state index in [-0.39, 0.29) is 17.2 Å². The maximum absolute atomic E-state index is 12.0. The van der Waals surface area contributed by atoms with Crippen LogP contribution in [0.1, 0.15) is 27.2 Å². The van der Waals surface area contributed by atoms with Crippen LogP contribution in [0.5, 0.6) is 0 Å². The molecule has 0 unspecified atom stereocenters. The maximum Gasteiger partial charge on any atom is 0.271 e. The molecule has 1 heterocycles. The molecule has 0 bridgehead atoms. The zero-order chi connectivity index (χ0) is 14.7. The van der Waals surface area contributed by atoms with Gasteiger partial charge in [0.1, 0.15) is 5.69 Å². The number of carbonyl (C=O) groups excluding carboxylic acids is 1. The molecule has 0 saturated carbocycles. The monoisotopic (exact) mass is 271 g/mol. The predicted octanol–water partition coefficient (Wildman–Crippen LogP) is 1.33. The van der Waals surface area contributed by atoms with E-state index in [9.17, 15) is 9.59 Å². The molecule has 0 spiro atoms. The van der Waals surface area contributed by atoms with Crippen molar-refractivity contribution >= 4 is 5.91 Å². The van der Waals surface area contributed by atoms with E-state index in [1.54, 1.807) is 0 Å². The minimum absolute atomic E-state index is 0.233. The van der Waals surface area contributed by atoms with Gasteiger partial charge in [-0.05, 0) is 31.0 Å². The van der Waals surface area contributed by atoms with Crippen LogP contribution in [0.4, 0.5) is 0 Å². The summed E-state index contributed by atoms with van der Waals surface area (Å²) >= 11 is 0. The van der Waals surface area contributed by atoms with Gasteiger partial charge >= 0.3 is 0 Å². The number of aryl methyl sites for hydroxylation is 3. The van der Waals surface area contributed by atoms with Crippen LogP contribution in [0.15, 0.2) is 35.1 Å². The topological polar surface area (TPSA) is 64.0 Å². The van der Waals surface area contributed by atoms with Gasteiger partial charge in [-0.15, -0.1) is 0 Å². The number of benzene rings is 1. The largest absolute Gasteiger partial charge is 0.347 e. The van der Waals surface area contributed by atoms with E-state index >= 15 is 0 Å². The summed E-state index contributed by atoms with van der Waals surface area (Å²) in [6.45, 7) is 4.48. The Morgan fingerprint density at radius 3 is 2.65 bits per heavy atom. The molecule has 1 amide bonds. The highest BCUT2D eigenvalue weighted by Crippen LogP contribution is 2.10. The first-order valence-corrected chi connectivity index (χ1v) is 6.36. The quantitative estimate of drug-likeness (QED) is 0.916. The summed E-state index contributed by atoms with van der Waals surface area (Å²) in [4.78, 5) is 23.2. The Labute approximate surface area is 117 Å². The van der Waals surface area contributed by atoms with Crippen molar-refractivity contribution in [3.63, 3.8) is 0 Å². The molecule has 0 aliphatic carbocycles. The Bertz CT molecular complexity index is 705. The van der Waals surface area contributed by atoms with Crippen LogP contribution in [-0.4, -0.2) is 15.7 Å². The number of carbonyl (C=O) groups is 1. The molecule has 2 rings (SSSR count). The second-order valence-corrected chi connectivity index (χ2v) is 4.79. The second-order valence-electron chi connectivity index (χ2n) is 4.79. The van der Waals surface area contributed by atoms with Gasteiger partial charge < -0.3 is 5.32 Å². The average molecular weight is 271 g/mol. The molecule has 1 N–H and O–H groups in total. The van der Waals surface area contributed by atoms with Crippen molar-refractivity contribution in [2.75, 3.05) is 0 Å². The van der Waals surface area contributed by atoms with Gasteiger partial charge in [0.25, 0.3) is 11.5 Å². The van der Waals surface area contributed by atoms with E-state index in [4.69, 9.17) is 0 Å². The third-order valence-electron chi connectivity index (χ3n) is 3.13. The number of hydrogen-bond donors (Lipinski definition) is 1. The van der Waals surface area contributed by atoms with E-state index in [1.165, 1.54) is 24.7 Å². The van der Waals surface area contributed by atoms with Gasteiger partial charge in [-0.2, -0.15) is 5.10 Å².